The van der Waals surface area contributed by atoms with E-state index >= 15 is 0 Å². The van der Waals surface area contributed by atoms with Gasteiger partial charge in [0, 0.05) is 12.1 Å². The second-order valence-electron chi connectivity index (χ2n) is 8.26. The smallest absolute Gasteiger partial charge is 0.358 e. The average molecular weight is 480 g/mol. The minimum atomic E-state index is -1.79. The van der Waals surface area contributed by atoms with Crippen LogP contribution in [-0.4, -0.2) is 18.0 Å². The number of carbonyl (C=O) groups is 2. The number of fused-ring (bicyclic) bond motifs is 1. The Bertz CT molecular complexity index is 1380. The molecule has 0 amide bonds. The molecule has 1 aliphatic rings. The zero-order chi connectivity index (χ0) is 25.1. The number of anilines is 1. The van der Waals surface area contributed by atoms with Crippen molar-refractivity contribution in [3.05, 3.63) is 131 Å². The Labute approximate surface area is 208 Å². The topological polar surface area (TPSA) is 90.8 Å². The third kappa shape index (κ3) is 4.22. The fraction of sp³-hybridized carbons (Fsp3) is 0.103. The second-order valence-corrected chi connectivity index (χ2v) is 8.26. The number of rotatable bonds is 5. The number of carbonyl (C=O) groups excluding carboxylic acids is 2. The molecule has 7 heteroatoms. The van der Waals surface area contributed by atoms with Crippen molar-refractivity contribution >= 4 is 17.6 Å². The van der Waals surface area contributed by atoms with Gasteiger partial charge in [0.2, 0.25) is 5.69 Å². The lowest BCUT2D eigenvalue weighted by molar-refractivity contribution is -0.123. The van der Waals surface area contributed by atoms with Crippen LogP contribution in [0.5, 0.6) is 11.5 Å². The van der Waals surface area contributed by atoms with Crippen molar-refractivity contribution in [2.75, 3.05) is 0 Å². The molecule has 5 rings (SSSR count). The summed E-state index contributed by atoms with van der Waals surface area (Å²) >= 11 is 0. The van der Waals surface area contributed by atoms with Crippen molar-refractivity contribution in [2.24, 2.45) is 0 Å². The van der Waals surface area contributed by atoms with Crippen LogP contribution in [0.3, 0.4) is 0 Å². The Morgan fingerprint density at radius 1 is 0.806 bits per heavy atom. The molecule has 0 bridgehead atoms. The third-order valence-electron chi connectivity index (χ3n) is 5.97. The highest BCUT2D eigenvalue weighted by atomic mass is 16.7. The van der Waals surface area contributed by atoms with E-state index in [4.69, 9.17) is 14.2 Å². The van der Waals surface area contributed by atoms with Crippen LogP contribution in [0, 0.1) is 5.21 Å². The van der Waals surface area contributed by atoms with E-state index in [-0.39, 0.29) is 17.2 Å². The maximum Gasteiger partial charge on any atom is 0.358 e. The monoisotopic (exact) mass is 480 g/mol. The molecule has 36 heavy (non-hydrogen) atoms. The summed E-state index contributed by atoms with van der Waals surface area (Å²) in [6, 6.07) is 30.2. The highest BCUT2D eigenvalue weighted by Gasteiger charge is 2.59. The Hall–Kier alpha value is -4.46. The van der Waals surface area contributed by atoms with Gasteiger partial charge in [0.25, 0.3) is 0 Å². The summed E-state index contributed by atoms with van der Waals surface area (Å²) in [7, 11) is 0. The van der Waals surface area contributed by atoms with Crippen molar-refractivity contribution in [3.8, 4) is 11.5 Å². The molecule has 0 spiro atoms. The predicted molar refractivity (Wildman–Crippen MR) is 133 cm³/mol. The maximum atomic E-state index is 13.9. The van der Waals surface area contributed by atoms with Gasteiger partial charge in [-0.05, 0) is 49.4 Å². The van der Waals surface area contributed by atoms with E-state index in [0.717, 1.165) is 0 Å². The SMILES string of the molecule is CC1Oc2cc(OC(=O)c3ccccc3)ccc2[N+]([O-])C1(OC(=O)c1ccccc1)c1ccccc1. The summed E-state index contributed by atoms with van der Waals surface area (Å²) in [5.74, 6) is -0.767. The summed E-state index contributed by atoms with van der Waals surface area (Å²) in [4.78, 5) is 25.6. The minimum Gasteiger partial charge on any atom is -0.572 e. The highest BCUT2D eigenvalue weighted by molar-refractivity contribution is 5.91. The molecular weight excluding hydrogens is 458 g/mol. The molecule has 2 atom stereocenters. The van der Waals surface area contributed by atoms with E-state index in [2.05, 4.69) is 0 Å². The van der Waals surface area contributed by atoms with Gasteiger partial charge in [-0.2, -0.15) is 0 Å². The molecular formula is C29H22NO6. The summed E-state index contributed by atoms with van der Waals surface area (Å²) in [5.41, 5.74) is -0.490. The normalized spacial score (nSPS) is 19.0. The lowest BCUT2D eigenvalue weighted by atomic mass is 9.94. The number of benzene rings is 4. The van der Waals surface area contributed by atoms with Crippen LogP contribution in [0.25, 0.3) is 0 Å². The van der Waals surface area contributed by atoms with Gasteiger partial charge in [0.05, 0.1) is 16.7 Å². The molecule has 0 N–H and O–H groups in total. The van der Waals surface area contributed by atoms with Crippen LogP contribution in [0.15, 0.2) is 109 Å². The van der Waals surface area contributed by atoms with Gasteiger partial charge >= 0.3 is 17.7 Å². The van der Waals surface area contributed by atoms with Crippen LogP contribution in [-0.2, 0) is 10.5 Å². The van der Waals surface area contributed by atoms with E-state index in [1.807, 2.05) is 0 Å². The summed E-state index contributed by atoms with van der Waals surface area (Å²) < 4.78 is 17.5. The van der Waals surface area contributed by atoms with Crippen molar-refractivity contribution in [2.45, 2.75) is 18.8 Å². The fourth-order valence-electron chi connectivity index (χ4n) is 4.16. The second kappa shape index (κ2) is 9.65. The highest BCUT2D eigenvalue weighted by Crippen LogP contribution is 2.47. The lowest BCUT2D eigenvalue weighted by Crippen LogP contribution is -2.59. The predicted octanol–water partition coefficient (Wildman–Crippen LogP) is 5.67. The average Bonchev–Trinajstić information content (AvgIpc) is 2.92. The Morgan fingerprint density at radius 3 is 1.97 bits per heavy atom. The molecule has 0 aromatic heterocycles. The first-order valence-electron chi connectivity index (χ1n) is 11.4. The van der Waals surface area contributed by atoms with Gasteiger partial charge in [-0.15, -0.1) is 5.06 Å². The first-order chi connectivity index (χ1) is 17.5. The summed E-state index contributed by atoms with van der Waals surface area (Å²) in [5, 5.41) is 14.6. The number of ether oxygens (including phenoxy) is 3. The van der Waals surface area contributed by atoms with Crippen molar-refractivity contribution < 1.29 is 23.8 Å². The lowest BCUT2D eigenvalue weighted by Gasteiger charge is -2.43. The number of esters is 2. The number of hydroxylamine groups is 1. The molecule has 179 valence electrons. The van der Waals surface area contributed by atoms with E-state index in [1.54, 1.807) is 97.9 Å². The zero-order valence-electron chi connectivity index (χ0n) is 19.4. The van der Waals surface area contributed by atoms with E-state index in [1.165, 1.54) is 18.2 Å². The van der Waals surface area contributed by atoms with Crippen molar-refractivity contribution in [1.29, 1.82) is 0 Å². The van der Waals surface area contributed by atoms with Crippen LogP contribution in [0.2, 0.25) is 0 Å². The molecule has 1 radical (unpaired) electrons. The van der Waals surface area contributed by atoms with Crippen molar-refractivity contribution in [3.63, 3.8) is 0 Å². The quantitative estimate of drug-likeness (QED) is 0.158. The zero-order valence-corrected chi connectivity index (χ0v) is 19.4. The van der Waals surface area contributed by atoms with Gasteiger partial charge in [0.1, 0.15) is 5.75 Å². The molecule has 2 unspecified atom stereocenters. The van der Waals surface area contributed by atoms with E-state index < -0.39 is 23.8 Å². The van der Waals surface area contributed by atoms with E-state index in [9.17, 15) is 14.8 Å². The minimum absolute atomic E-state index is 0.136. The molecule has 0 saturated carbocycles. The maximum absolute atomic E-state index is 13.9. The molecule has 0 fully saturated rings. The van der Waals surface area contributed by atoms with Gasteiger partial charge in [-0.3, -0.25) is 0 Å². The Balaban J connectivity index is 1.50. The molecule has 0 saturated heterocycles. The van der Waals surface area contributed by atoms with Crippen LogP contribution in [0.4, 0.5) is 5.69 Å². The molecule has 4 aromatic carbocycles. The Kier molecular flexibility index (Phi) is 6.25. The molecule has 4 aromatic rings. The molecule has 7 nitrogen and oxygen atoms in total. The first kappa shape index (κ1) is 23.3. The third-order valence-corrected chi connectivity index (χ3v) is 5.97. The Morgan fingerprint density at radius 2 is 1.36 bits per heavy atom. The standard InChI is InChI=1S/C29H22NO6/c1-20-29(23-15-9-4-10-16-23,36-28(32)22-13-7-3-8-14-22)30(33)25-18-17-24(19-26(25)34-20)35-27(31)21-11-5-2-6-12-21/h2-20H,1H3. The molecule has 0 aliphatic carbocycles. The van der Waals surface area contributed by atoms with Gasteiger partial charge in [0.15, 0.2) is 11.9 Å². The first-order valence-corrected chi connectivity index (χ1v) is 11.4. The number of nitrogens with zero attached hydrogens (tertiary/aromatic N) is 1. The fourth-order valence-corrected chi connectivity index (χ4v) is 4.16. The van der Waals surface area contributed by atoms with Gasteiger partial charge in [-0.1, -0.05) is 54.6 Å². The van der Waals surface area contributed by atoms with Crippen LogP contribution >= 0.6 is 0 Å². The summed E-state index contributed by atoms with van der Waals surface area (Å²) in [6.07, 6.45) is -0.905. The number of hydrogen-bond donors (Lipinski definition) is 0. The summed E-state index contributed by atoms with van der Waals surface area (Å²) in [6.45, 7) is 1.65. The molecule has 1 aliphatic heterocycles. The number of hydrogen-bond acceptors (Lipinski definition) is 7. The van der Waals surface area contributed by atoms with Gasteiger partial charge < -0.3 is 19.4 Å². The van der Waals surface area contributed by atoms with Crippen LogP contribution in [0.1, 0.15) is 33.2 Å². The van der Waals surface area contributed by atoms with Crippen LogP contribution < -0.4 is 14.5 Å². The van der Waals surface area contributed by atoms with Gasteiger partial charge in [-0.25, -0.2) is 9.59 Å². The molecule has 1 heterocycles. The largest absolute Gasteiger partial charge is 0.572 e. The van der Waals surface area contributed by atoms with Crippen molar-refractivity contribution in [1.82, 2.24) is 5.06 Å². The van der Waals surface area contributed by atoms with E-state index in [0.29, 0.717) is 21.8 Å².